The molecule has 1 amide bonds. The second-order valence-electron chi connectivity index (χ2n) is 4.22. The third kappa shape index (κ3) is 4.36. The number of nitrogens with one attached hydrogen (secondary N) is 2. The van der Waals surface area contributed by atoms with Crippen molar-refractivity contribution in [2.45, 2.75) is 39.2 Å². The largest absolute Gasteiger partial charge is 0.390 e. The van der Waals surface area contributed by atoms with Crippen LogP contribution in [0.2, 0.25) is 0 Å². The van der Waals surface area contributed by atoms with Crippen molar-refractivity contribution in [1.29, 1.82) is 0 Å². The maximum Gasteiger partial charge on any atom is 0.336 e. The fraction of sp³-hybridized carbons (Fsp3) is 0.583. The van der Waals surface area contributed by atoms with E-state index in [0.717, 1.165) is 36.3 Å². The Morgan fingerprint density at radius 2 is 2.11 bits per heavy atom. The molecule has 0 radical (unpaired) electrons. The Balaban J connectivity index is 2.72. The lowest BCUT2D eigenvalue weighted by Gasteiger charge is -2.10. The molecule has 0 saturated carbocycles. The molecule has 3 N–H and O–H groups in total. The standard InChI is InChI=1S/C12H19N3O4/c1-2-3-4-5-6-13-11(18)15-9(8-16)7-10(17)14-12(15)19/h7,16H,2-6,8H2,1H3,(H,13,18)(H,14,17,19). The molecule has 1 aromatic heterocycles. The maximum atomic E-state index is 11.8. The predicted molar refractivity (Wildman–Crippen MR) is 70.2 cm³/mol. The van der Waals surface area contributed by atoms with Gasteiger partial charge in [-0.3, -0.25) is 9.78 Å². The number of aromatic nitrogens is 2. The van der Waals surface area contributed by atoms with Gasteiger partial charge in [-0.1, -0.05) is 26.2 Å². The Bertz CT molecular complexity index is 533. The maximum absolute atomic E-state index is 11.8. The van der Waals surface area contributed by atoms with Crippen LogP contribution >= 0.6 is 0 Å². The smallest absolute Gasteiger partial charge is 0.336 e. The summed E-state index contributed by atoms with van der Waals surface area (Å²) in [4.78, 5) is 36.4. The van der Waals surface area contributed by atoms with Crippen molar-refractivity contribution < 1.29 is 9.90 Å². The van der Waals surface area contributed by atoms with Crippen LogP contribution in [-0.4, -0.2) is 27.2 Å². The van der Waals surface area contributed by atoms with E-state index < -0.39 is 23.9 Å². The lowest BCUT2D eigenvalue weighted by molar-refractivity contribution is 0.233. The summed E-state index contributed by atoms with van der Waals surface area (Å²) < 4.78 is 0.737. The molecule has 0 bridgehead atoms. The van der Waals surface area contributed by atoms with Crippen molar-refractivity contribution in [3.8, 4) is 0 Å². The molecule has 0 aliphatic rings. The van der Waals surface area contributed by atoms with Crippen molar-refractivity contribution in [2.24, 2.45) is 0 Å². The van der Waals surface area contributed by atoms with E-state index in [1.165, 1.54) is 0 Å². The number of hydrogen-bond acceptors (Lipinski definition) is 4. The van der Waals surface area contributed by atoms with Gasteiger partial charge in [0.05, 0.1) is 12.3 Å². The summed E-state index contributed by atoms with van der Waals surface area (Å²) >= 11 is 0. The van der Waals surface area contributed by atoms with Gasteiger partial charge in [-0.2, -0.15) is 0 Å². The minimum Gasteiger partial charge on any atom is -0.390 e. The zero-order chi connectivity index (χ0) is 14.3. The Labute approximate surface area is 110 Å². The molecule has 7 heteroatoms. The molecular weight excluding hydrogens is 250 g/mol. The summed E-state index contributed by atoms with van der Waals surface area (Å²) in [6.45, 7) is 1.99. The Hall–Kier alpha value is -1.89. The topological polar surface area (TPSA) is 104 Å². The summed E-state index contributed by atoms with van der Waals surface area (Å²) in [6, 6.07) is 0.389. The van der Waals surface area contributed by atoms with Crippen LogP contribution < -0.4 is 16.6 Å². The van der Waals surface area contributed by atoms with E-state index in [1.807, 2.05) is 4.98 Å². The molecule has 106 valence electrons. The molecule has 7 nitrogen and oxygen atoms in total. The number of carbonyl (C=O) groups is 1. The molecule has 1 rings (SSSR count). The SMILES string of the molecule is CCCCCCNC(=O)n1c(CO)cc(=O)[nH]c1=O. The number of aliphatic hydroxyl groups excluding tert-OH is 1. The summed E-state index contributed by atoms with van der Waals surface area (Å²) in [7, 11) is 0. The van der Waals surface area contributed by atoms with E-state index in [2.05, 4.69) is 12.2 Å². The first-order chi connectivity index (χ1) is 9.10. The fourth-order valence-electron chi connectivity index (χ4n) is 1.71. The van der Waals surface area contributed by atoms with Crippen LogP contribution in [0.1, 0.15) is 38.3 Å². The molecular formula is C12H19N3O4. The Morgan fingerprint density at radius 3 is 2.74 bits per heavy atom. The van der Waals surface area contributed by atoms with Crippen LogP contribution in [0, 0.1) is 0 Å². The second kappa shape index (κ2) is 7.52. The van der Waals surface area contributed by atoms with Gasteiger partial charge in [0.1, 0.15) is 0 Å². The van der Waals surface area contributed by atoms with E-state index >= 15 is 0 Å². The van der Waals surface area contributed by atoms with Crippen molar-refractivity contribution in [3.05, 3.63) is 32.6 Å². The first-order valence-electron chi connectivity index (χ1n) is 6.34. The second-order valence-corrected chi connectivity index (χ2v) is 4.22. The number of carbonyl (C=O) groups excluding carboxylic acids is 1. The van der Waals surface area contributed by atoms with Gasteiger partial charge in [0, 0.05) is 12.6 Å². The third-order valence-electron chi connectivity index (χ3n) is 2.69. The van der Waals surface area contributed by atoms with Crippen LogP contribution in [0.25, 0.3) is 0 Å². The minimum absolute atomic E-state index is 0.0280. The van der Waals surface area contributed by atoms with Crippen molar-refractivity contribution in [3.63, 3.8) is 0 Å². The van der Waals surface area contributed by atoms with Crippen LogP contribution in [0.3, 0.4) is 0 Å². The zero-order valence-electron chi connectivity index (χ0n) is 10.9. The average Bonchev–Trinajstić information content (AvgIpc) is 2.37. The molecule has 0 aliphatic carbocycles. The van der Waals surface area contributed by atoms with Gasteiger partial charge in [0.25, 0.3) is 5.56 Å². The number of aliphatic hydroxyl groups is 1. The van der Waals surface area contributed by atoms with Gasteiger partial charge in [0.15, 0.2) is 0 Å². The Kier molecular flexibility index (Phi) is 6.01. The Morgan fingerprint density at radius 1 is 1.37 bits per heavy atom. The molecule has 19 heavy (non-hydrogen) atoms. The highest BCUT2D eigenvalue weighted by atomic mass is 16.3. The zero-order valence-corrected chi connectivity index (χ0v) is 10.9. The highest BCUT2D eigenvalue weighted by molar-refractivity contribution is 5.77. The van der Waals surface area contributed by atoms with Gasteiger partial charge in [0.2, 0.25) is 0 Å². The number of aromatic amines is 1. The van der Waals surface area contributed by atoms with E-state index in [1.54, 1.807) is 0 Å². The van der Waals surface area contributed by atoms with Gasteiger partial charge >= 0.3 is 11.7 Å². The monoisotopic (exact) mass is 269 g/mol. The first kappa shape index (κ1) is 15.2. The average molecular weight is 269 g/mol. The summed E-state index contributed by atoms with van der Waals surface area (Å²) in [5.74, 6) is 0. The van der Waals surface area contributed by atoms with Gasteiger partial charge < -0.3 is 10.4 Å². The molecule has 0 spiro atoms. The van der Waals surface area contributed by atoms with E-state index in [0.29, 0.717) is 6.54 Å². The number of amides is 1. The molecule has 0 fully saturated rings. The normalized spacial score (nSPS) is 10.4. The molecule has 0 atom stereocenters. The van der Waals surface area contributed by atoms with Crippen molar-refractivity contribution in [1.82, 2.24) is 14.9 Å². The lowest BCUT2D eigenvalue weighted by atomic mass is 10.2. The van der Waals surface area contributed by atoms with Crippen LogP contribution in [0.15, 0.2) is 15.7 Å². The number of hydrogen-bond donors (Lipinski definition) is 3. The highest BCUT2D eigenvalue weighted by Crippen LogP contribution is 1.97. The van der Waals surface area contributed by atoms with Crippen LogP contribution in [0.4, 0.5) is 4.79 Å². The van der Waals surface area contributed by atoms with Gasteiger partial charge in [-0.25, -0.2) is 14.2 Å². The third-order valence-corrected chi connectivity index (χ3v) is 2.69. The highest BCUT2D eigenvalue weighted by Gasteiger charge is 2.12. The van der Waals surface area contributed by atoms with Gasteiger partial charge in [-0.15, -0.1) is 0 Å². The van der Waals surface area contributed by atoms with E-state index in [9.17, 15) is 14.4 Å². The predicted octanol–water partition coefficient (Wildman–Crippen LogP) is 0.167. The summed E-state index contributed by atoms with van der Waals surface area (Å²) in [5.41, 5.74) is -1.51. The fourth-order valence-corrected chi connectivity index (χ4v) is 1.71. The van der Waals surface area contributed by atoms with Crippen LogP contribution in [-0.2, 0) is 6.61 Å². The van der Waals surface area contributed by atoms with E-state index in [-0.39, 0.29) is 5.69 Å². The summed E-state index contributed by atoms with van der Waals surface area (Å²) in [6.07, 6.45) is 4.02. The molecule has 0 aromatic carbocycles. The molecule has 1 heterocycles. The van der Waals surface area contributed by atoms with Crippen LogP contribution in [0.5, 0.6) is 0 Å². The molecule has 1 aromatic rings. The first-order valence-corrected chi connectivity index (χ1v) is 6.34. The number of H-pyrrole nitrogens is 1. The quantitative estimate of drug-likeness (QED) is 0.640. The van der Waals surface area contributed by atoms with Crippen molar-refractivity contribution in [2.75, 3.05) is 6.54 Å². The summed E-state index contributed by atoms with van der Waals surface area (Å²) in [5, 5.41) is 11.6. The van der Waals surface area contributed by atoms with E-state index in [4.69, 9.17) is 5.11 Å². The van der Waals surface area contributed by atoms with Crippen molar-refractivity contribution >= 4 is 6.03 Å². The number of nitrogens with zero attached hydrogens (tertiary/aromatic N) is 1. The minimum atomic E-state index is -0.845. The lowest BCUT2D eigenvalue weighted by Crippen LogP contribution is -2.42. The number of unbranched alkanes of at least 4 members (excludes halogenated alkanes) is 3. The van der Waals surface area contributed by atoms with Gasteiger partial charge in [-0.05, 0) is 6.42 Å². The molecule has 0 unspecified atom stereocenters. The number of rotatable bonds is 6. The molecule has 0 saturated heterocycles. The molecule has 0 aliphatic heterocycles.